The van der Waals surface area contributed by atoms with Gasteiger partial charge in [0.05, 0.1) is 22.1 Å². The minimum Gasteiger partial charge on any atom is -0.339 e. The molecule has 1 aromatic carbocycles. The number of H-pyrrole nitrogens is 2. The fraction of sp³-hybridized carbons (Fsp3) is 0. The van der Waals surface area contributed by atoms with Gasteiger partial charge in [0, 0.05) is 22.7 Å². The highest BCUT2D eigenvalue weighted by Crippen LogP contribution is 2.29. The molecular formula is C15H9Cl2N5O. The number of nitrogens with one attached hydrogen (secondary N) is 3. The van der Waals surface area contributed by atoms with Crippen molar-refractivity contribution in [3.63, 3.8) is 0 Å². The van der Waals surface area contributed by atoms with Gasteiger partial charge >= 0.3 is 0 Å². The molecule has 3 N–H and O–H groups in total. The van der Waals surface area contributed by atoms with E-state index in [4.69, 9.17) is 23.2 Å². The zero-order chi connectivity index (χ0) is 16.0. The Kier molecular flexibility index (Phi) is 3.21. The molecule has 0 saturated carbocycles. The molecule has 4 aromatic rings. The third-order valence-electron chi connectivity index (χ3n) is 3.51. The van der Waals surface area contributed by atoms with Gasteiger partial charge in [-0.15, -0.1) is 0 Å². The Bertz CT molecular complexity index is 1100. The number of rotatable bonds is 2. The van der Waals surface area contributed by atoms with E-state index in [1.807, 2.05) is 18.2 Å². The fourth-order valence-corrected chi connectivity index (χ4v) is 2.85. The van der Waals surface area contributed by atoms with Crippen LogP contribution < -0.4 is 10.9 Å². The number of pyridine rings is 2. The Hall–Kier alpha value is -2.57. The zero-order valence-corrected chi connectivity index (χ0v) is 13.0. The van der Waals surface area contributed by atoms with E-state index in [0.29, 0.717) is 21.6 Å². The molecule has 114 valence electrons. The number of aromatic nitrogens is 4. The van der Waals surface area contributed by atoms with Crippen molar-refractivity contribution in [1.29, 1.82) is 0 Å². The lowest BCUT2D eigenvalue weighted by molar-refractivity contribution is 1.12. The first kappa shape index (κ1) is 14.0. The van der Waals surface area contributed by atoms with E-state index in [1.165, 1.54) is 6.20 Å². The van der Waals surface area contributed by atoms with Crippen molar-refractivity contribution in [1.82, 2.24) is 20.2 Å². The topological polar surface area (TPSA) is 86.5 Å². The summed E-state index contributed by atoms with van der Waals surface area (Å²) in [6.07, 6.45) is 3.17. The summed E-state index contributed by atoms with van der Waals surface area (Å²) < 4.78 is 0. The van der Waals surface area contributed by atoms with Crippen LogP contribution in [0.4, 0.5) is 11.5 Å². The average Bonchev–Trinajstić information content (AvgIpc) is 2.98. The summed E-state index contributed by atoms with van der Waals surface area (Å²) in [5.41, 5.74) is 1.32. The Morgan fingerprint density at radius 1 is 1.17 bits per heavy atom. The van der Waals surface area contributed by atoms with Crippen molar-refractivity contribution in [3.8, 4) is 0 Å². The standard InChI is InChI=1S/C15H9Cl2N5O/c16-10-6-18-15(23)13-9(10)4-12(17)21-14(13)20-8-2-1-7-5-19-22-11(7)3-8/h1-6H,(H,18,23)(H,19,22)(H,20,21). The van der Waals surface area contributed by atoms with Gasteiger partial charge < -0.3 is 10.3 Å². The molecule has 0 aliphatic heterocycles. The molecule has 0 atom stereocenters. The highest BCUT2D eigenvalue weighted by Gasteiger charge is 2.12. The highest BCUT2D eigenvalue weighted by molar-refractivity contribution is 6.36. The molecule has 0 bridgehead atoms. The molecule has 0 aliphatic rings. The minimum atomic E-state index is -0.293. The molecule has 0 spiro atoms. The summed E-state index contributed by atoms with van der Waals surface area (Å²) in [7, 11) is 0. The Morgan fingerprint density at radius 3 is 2.91 bits per heavy atom. The molecule has 0 radical (unpaired) electrons. The van der Waals surface area contributed by atoms with Crippen LogP contribution in [0.3, 0.4) is 0 Å². The van der Waals surface area contributed by atoms with E-state index >= 15 is 0 Å². The summed E-state index contributed by atoms with van der Waals surface area (Å²) >= 11 is 12.2. The van der Waals surface area contributed by atoms with Crippen molar-refractivity contribution in [2.75, 3.05) is 5.32 Å². The lowest BCUT2D eigenvalue weighted by Gasteiger charge is -2.10. The van der Waals surface area contributed by atoms with E-state index in [0.717, 1.165) is 16.6 Å². The molecular weight excluding hydrogens is 337 g/mol. The third kappa shape index (κ3) is 2.42. The first-order valence-corrected chi connectivity index (χ1v) is 7.45. The largest absolute Gasteiger partial charge is 0.339 e. The van der Waals surface area contributed by atoms with Gasteiger partial charge in [-0.05, 0) is 24.3 Å². The Balaban J connectivity index is 1.91. The second-order valence-corrected chi connectivity index (χ2v) is 5.77. The van der Waals surface area contributed by atoms with E-state index < -0.39 is 0 Å². The Morgan fingerprint density at radius 2 is 2.04 bits per heavy atom. The summed E-state index contributed by atoms with van der Waals surface area (Å²) in [4.78, 5) is 19.0. The molecule has 6 nitrogen and oxygen atoms in total. The maximum atomic E-state index is 12.2. The number of hydrogen-bond acceptors (Lipinski definition) is 4. The van der Waals surface area contributed by atoms with Gasteiger partial charge in [0.2, 0.25) is 0 Å². The van der Waals surface area contributed by atoms with Gasteiger partial charge in [-0.3, -0.25) is 9.89 Å². The second-order valence-electron chi connectivity index (χ2n) is 4.98. The number of aromatic amines is 2. The molecule has 3 heterocycles. The highest BCUT2D eigenvalue weighted by atomic mass is 35.5. The maximum Gasteiger partial charge on any atom is 0.259 e. The summed E-state index contributed by atoms with van der Waals surface area (Å²) in [5.74, 6) is 0.343. The number of nitrogens with zero attached hydrogens (tertiary/aromatic N) is 2. The smallest absolute Gasteiger partial charge is 0.259 e. The lowest BCUT2D eigenvalue weighted by Crippen LogP contribution is -2.09. The SMILES string of the molecule is O=c1[nH]cc(Cl)c2cc(Cl)nc(Nc3ccc4cn[nH]c4c3)c12. The molecule has 0 aliphatic carbocycles. The van der Waals surface area contributed by atoms with Crippen molar-refractivity contribution >= 4 is 56.4 Å². The van der Waals surface area contributed by atoms with Gasteiger partial charge in [0.25, 0.3) is 5.56 Å². The number of fused-ring (bicyclic) bond motifs is 2. The summed E-state index contributed by atoms with van der Waals surface area (Å²) in [5, 5.41) is 12.5. The van der Waals surface area contributed by atoms with Gasteiger partial charge in [0.1, 0.15) is 11.0 Å². The van der Waals surface area contributed by atoms with Crippen LogP contribution in [0.5, 0.6) is 0 Å². The van der Waals surface area contributed by atoms with Gasteiger partial charge in [-0.25, -0.2) is 4.98 Å². The average molecular weight is 346 g/mol. The van der Waals surface area contributed by atoms with Crippen LogP contribution in [0.25, 0.3) is 21.7 Å². The molecule has 8 heteroatoms. The van der Waals surface area contributed by atoms with Crippen LogP contribution in [0, 0.1) is 0 Å². The minimum absolute atomic E-state index is 0.245. The van der Waals surface area contributed by atoms with E-state index in [2.05, 4.69) is 25.5 Å². The number of hydrogen-bond donors (Lipinski definition) is 3. The number of halogens is 2. The zero-order valence-electron chi connectivity index (χ0n) is 11.5. The van der Waals surface area contributed by atoms with Gasteiger partial charge in [-0.2, -0.15) is 5.10 Å². The van der Waals surface area contributed by atoms with E-state index in [9.17, 15) is 4.79 Å². The first-order chi connectivity index (χ1) is 11.1. The van der Waals surface area contributed by atoms with Crippen LogP contribution in [-0.2, 0) is 0 Å². The first-order valence-electron chi connectivity index (χ1n) is 6.69. The molecule has 23 heavy (non-hydrogen) atoms. The Labute approximate surface area is 139 Å². The number of anilines is 2. The fourth-order valence-electron chi connectivity index (χ4n) is 2.45. The van der Waals surface area contributed by atoms with Crippen LogP contribution >= 0.6 is 23.2 Å². The number of benzene rings is 1. The van der Waals surface area contributed by atoms with E-state index in [-0.39, 0.29) is 10.7 Å². The molecule has 0 unspecified atom stereocenters. The summed E-state index contributed by atoms with van der Waals surface area (Å²) in [6.45, 7) is 0. The van der Waals surface area contributed by atoms with Crippen LogP contribution in [0.15, 0.2) is 41.5 Å². The molecule has 4 rings (SSSR count). The monoisotopic (exact) mass is 345 g/mol. The van der Waals surface area contributed by atoms with Crippen molar-refractivity contribution < 1.29 is 0 Å². The van der Waals surface area contributed by atoms with Crippen molar-refractivity contribution in [2.45, 2.75) is 0 Å². The van der Waals surface area contributed by atoms with Crippen LogP contribution in [-0.4, -0.2) is 20.2 Å². The predicted octanol–water partition coefficient (Wildman–Crippen LogP) is 3.85. The van der Waals surface area contributed by atoms with Crippen molar-refractivity contribution in [3.05, 3.63) is 57.2 Å². The lowest BCUT2D eigenvalue weighted by atomic mass is 10.2. The molecule has 0 saturated heterocycles. The predicted molar refractivity (Wildman–Crippen MR) is 91.8 cm³/mol. The van der Waals surface area contributed by atoms with Crippen molar-refractivity contribution in [2.24, 2.45) is 0 Å². The van der Waals surface area contributed by atoms with Gasteiger partial charge in [0.15, 0.2) is 0 Å². The molecule has 3 aromatic heterocycles. The van der Waals surface area contributed by atoms with Gasteiger partial charge in [-0.1, -0.05) is 23.2 Å². The third-order valence-corrected chi connectivity index (χ3v) is 4.01. The molecule has 0 fully saturated rings. The quantitative estimate of drug-likeness (QED) is 0.481. The maximum absolute atomic E-state index is 12.2. The van der Waals surface area contributed by atoms with E-state index in [1.54, 1.807) is 12.3 Å². The second kappa shape index (κ2) is 5.26. The molecule has 0 amide bonds. The normalized spacial score (nSPS) is 11.2. The summed E-state index contributed by atoms with van der Waals surface area (Å²) in [6, 6.07) is 7.21. The van der Waals surface area contributed by atoms with Crippen LogP contribution in [0.1, 0.15) is 0 Å². The van der Waals surface area contributed by atoms with Crippen LogP contribution in [0.2, 0.25) is 10.2 Å².